The third kappa shape index (κ3) is 2.37. The zero-order chi connectivity index (χ0) is 10.8. The second-order valence-corrected chi connectivity index (χ2v) is 4.82. The number of hydrogen-bond acceptors (Lipinski definition) is 3. The number of aromatic nitrogens is 3. The lowest BCUT2D eigenvalue weighted by molar-refractivity contribution is 0.398. The van der Waals surface area contributed by atoms with Gasteiger partial charge < -0.3 is 9.88 Å². The van der Waals surface area contributed by atoms with Gasteiger partial charge in [0.2, 0.25) is 0 Å². The van der Waals surface area contributed by atoms with Crippen LogP contribution in [0.2, 0.25) is 0 Å². The van der Waals surface area contributed by atoms with Crippen molar-refractivity contribution < 1.29 is 0 Å². The molecule has 0 aliphatic carbocycles. The van der Waals surface area contributed by atoms with Gasteiger partial charge in [-0.2, -0.15) is 0 Å². The van der Waals surface area contributed by atoms with Gasteiger partial charge in [0.15, 0.2) is 0 Å². The van der Waals surface area contributed by atoms with Crippen molar-refractivity contribution in [3.63, 3.8) is 0 Å². The lowest BCUT2D eigenvalue weighted by Crippen LogP contribution is -2.26. The van der Waals surface area contributed by atoms with E-state index < -0.39 is 0 Å². The Labute approximate surface area is 91.1 Å². The van der Waals surface area contributed by atoms with Gasteiger partial charge in [0.05, 0.1) is 6.54 Å². The predicted molar refractivity (Wildman–Crippen MR) is 59.5 cm³/mol. The highest BCUT2D eigenvalue weighted by atomic mass is 15.3. The first-order chi connectivity index (χ1) is 7.16. The number of nitrogens with one attached hydrogen (secondary N) is 1. The normalized spacial score (nSPS) is 20.7. The van der Waals surface area contributed by atoms with E-state index in [2.05, 4.69) is 40.9 Å². The molecular formula is C11H20N4. The lowest BCUT2D eigenvalue weighted by Gasteiger charge is -2.20. The van der Waals surface area contributed by atoms with E-state index in [1.807, 2.05) is 0 Å². The molecule has 1 N–H and O–H groups in total. The van der Waals surface area contributed by atoms with Crippen molar-refractivity contribution in [3.05, 3.63) is 11.6 Å². The van der Waals surface area contributed by atoms with Gasteiger partial charge in [-0.1, -0.05) is 20.8 Å². The first kappa shape index (κ1) is 10.6. The van der Waals surface area contributed by atoms with Crippen LogP contribution in [-0.4, -0.2) is 20.8 Å². The topological polar surface area (TPSA) is 42.7 Å². The minimum atomic E-state index is 0.500. The van der Waals surface area contributed by atoms with Crippen LogP contribution in [0.3, 0.4) is 0 Å². The molecule has 0 saturated heterocycles. The molecule has 1 atom stereocenters. The monoisotopic (exact) mass is 208 g/mol. The summed E-state index contributed by atoms with van der Waals surface area (Å²) >= 11 is 0. The van der Waals surface area contributed by atoms with Crippen molar-refractivity contribution in [1.82, 2.24) is 20.1 Å². The molecule has 0 fully saturated rings. The summed E-state index contributed by atoms with van der Waals surface area (Å²) in [6, 6.07) is 0.500. The summed E-state index contributed by atoms with van der Waals surface area (Å²) in [5.74, 6) is 3.01. The van der Waals surface area contributed by atoms with E-state index in [1.54, 1.807) is 0 Å². The van der Waals surface area contributed by atoms with E-state index in [0.717, 1.165) is 37.1 Å². The van der Waals surface area contributed by atoms with Gasteiger partial charge >= 0.3 is 0 Å². The molecule has 2 heterocycles. The van der Waals surface area contributed by atoms with Crippen molar-refractivity contribution in [2.75, 3.05) is 0 Å². The molecule has 1 aliphatic rings. The van der Waals surface area contributed by atoms with Crippen molar-refractivity contribution in [2.24, 2.45) is 5.92 Å². The average molecular weight is 208 g/mol. The van der Waals surface area contributed by atoms with Crippen LogP contribution in [0.1, 0.15) is 38.8 Å². The Hall–Kier alpha value is -0.900. The summed E-state index contributed by atoms with van der Waals surface area (Å²) in [5.41, 5.74) is 0. The highest BCUT2D eigenvalue weighted by Crippen LogP contribution is 2.19. The number of hydrogen-bond donors (Lipinski definition) is 1. The Morgan fingerprint density at radius 1 is 1.47 bits per heavy atom. The molecule has 0 radical (unpaired) electrons. The zero-order valence-electron chi connectivity index (χ0n) is 9.82. The molecule has 1 aromatic heterocycles. The van der Waals surface area contributed by atoms with Crippen molar-refractivity contribution in [2.45, 2.75) is 52.7 Å². The van der Waals surface area contributed by atoms with Crippen LogP contribution in [0.5, 0.6) is 0 Å². The van der Waals surface area contributed by atoms with Crippen molar-refractivity contribution >= 4 is 0 Å². The summed E-state index contributed by atoms with van der Waals surface area (Å²) in [6.45, 7) is 8.49. The second-order valence-electron chi connectivity index (χ2n) is 4.82. The van der Waals surface area contributed by atoms with Crippen molar-refractivity contribution in [1.29, 1.82) is 0 Å². The van der Waals surface area contributed by atoms with Gasteiger partial charge in [-0.15, -0.1) is 10.2 Å². The van der Waals surface area contributed by atoms with Crippen LogP contribution >= 0.6 is 0 Å². The molecule has 0 bridgehead atoms. The largest absolute Gasteiger partial charge is 0.314 e. The molecule has 0 amide bonds. The van der Waals surface area contributed by atoms with E-state index in [-0.39, 0.29) is 0 Å². The van der Waals surface area contributed by atoms with Gasteiger partial charge in [-0.05, 0) is 12.3 Å². The molecular weight excluding hydrogens is 188 g/mol. The third-order valence-corrected chi connectivity index (χ3v) is 2.95. The van der Waals surface area contributed by atoms with Crippen LogP contribution in [0, 0.1) is 5.92 Å². The fourth-order valence-corrected chi connectivity index (χ4v) is 1.97. The molecule has 2 rings (SSSR count). The van der Waals surface area contributed by atoms with Gasteiger partial charge in [-0.25, -0.2) is 0 Å². The SMILES string of the molecule is CC1CCn2c(CNC(C)C)nnc2C1. The van der Waals surface area contributed by atoms with Crippen LogP contribution in [0.15, 0.2) is 0 Å². The molecule has 1 aliphatic heterocycles. The number of nitrogens with zero attached hydrogens (tertiary/aromatic N) is 3. The standard InChI is InChI=1S/C11H20N4/c1-8(2)12-7-11-14-13-10-6-9(3)4-5-15(10)11/h8-9,12H,4-7H2,1-3H3. The Bertz CT molecular complexity index is 329. The smallest absolute Gasteiger partial charge is 0.147 e. The minimum absolute atomic E-state index is 0.500. The summed E-state index contributed by atoms with van der Waals surface area (Å²) in [7, 11) is 0. The first-order valence-corrected chi connectivity index (χ1v) is 5.81. The predicted octanol–water partition coefficient (Wildman–Crippen LogP) is 1.36. The Kier molecular flexibility index (Phi) is 3.05. The maximum absolute atomic E-state index is 4.26. The quantitative estimate of drug-likeness (QED) is 0.815. The average Bonchev–Trinajstić information content (AvgIpc) is 2.57. The molecule has 0 spiro atoms. The van der Waals surface area contributed by atoms with Crippen LogP contribution in [0.4, 0.5) is 0 Å². The highest BCUT2D eigenvalue weighted by Gasteiger charge is 2.19. The highest BCUT2D eigenvalue weighted by molar-refractivity contribution is 4.99. The molecule has 84 valence electrons. The van der Waals surface area contributed by atoms with Crippen LogP contribution in [-0.2, 0) is 19.5 Å². The van der Waals surface area contributed by atoms with E-state index >= 15 is 0 Å². The molecule has 0 saturated carbocycles. The molecule has 4 heteroatoms. The van der Waals surface area contributed by atoms with Gasteiger partial charge in [0.25, 0.3) is 0 Å². The summed E-state index contributed by atoms with van der Waals surface area (Å²) in [5, 5.41) is 11.9. The van der Waals surface area contributed by atoms with Crippen LogP contribution in [0.25, 0.3) is 0 Å². The van der Waals surface area contributed by atoms with Crippen molar-refractivity contribution in [3.8, 4) is 0 Å². The zero-order valence-corrected chi connectivity index (χ0v) is 9.82. The van der Waals surface area contributed by atoms with Gasteiger partial charge in [0, 0.05) is 19.0 Å². The first-order valence-electron chi connectivity index (χ1n) is 5.81. The van der Waals surface area contributed by atoms with E-state index in [1.165, 1.54) is 6.42 Å². The maximum atomic E-state index is 4.26. The van der Waals surface area contributed by atoms with Crippen LogP contribution < -0.4 is 5.32 Å². The van der Waals surface area contributed by atoms with E-state index in [0.29, 0.717) is 6.04 Å². The second kappa shape index (κ2) is 4.31. The number of rotatable bonds is 3. The molecule has 4 nitrogen and oxygen atoms in total. The summed E-state index contributed by atoms with van der Waals surface area (Å²) in [6.07, 6.45) is 2.33. The number of fused-ring (bicyclic) bond motifs is 1. The fraction of sp³-hybridized carbons (Fsp3) is 0.818. The Balaban J connectivity index is 2.07. The van der Waals surface area contributed by atoms with Gasteiger partial charge in [0.1, 0.15) is 11.6 Å². The Morgan fingerprint density at radius 2 is 2.27 bits per heavy atom. The van der Waals surface area contributed by atoms with Gasteiger partial charge in [-0.3, -0.25) is 0 Å². The maximum Gasteiger partial charge on any atom is 0.147 e. The molecule has 1 aromatic rings. The fourth-order valence-electron chi connectivity index (χ4n) is 1.97. The molecule has 0 aromatic carbocycles. The van der Waals surface area contributed by atoms with E-state index in [4.69, 9.17) is 0 Å². The summed E-state index contributed by atoms with van der Waals surface area (Å²) < 4.78 is 2.27. The third-order valence-electron chi connectivity index (χ3n) is 2.95. The molecule has 1 unspecified atom stereocenters. The van der Waals surface area contributed by atoms with E-state index in [9.17, 15) is 0 Å². The molecule has 15 heavy (non-hydrogen) atoms. The Morgan fingerprint density at radius 3 is 3.00 bits per heavy atom. The lowest BCUT2D eigenvalue weighted by atomic mass is 10.0. The summed E-state index contributed by atoms with van der Waals surface area (Å²) in [4.78, 5) is 0. The minimum Gasteiger partial charge on any atom is -0.314 e.